The van der Waals surface area contributed by atoms with Crippen molar-refractivity contribution in [2.75, 3.05) is 0 Å². The van der Waals surface area contributed by atoms with E-state index in [1.165, 1.54) is 6.07 Å². The molecule has 0 radical (unpaired) electrons. The van der Waals surface area contributed by atoms with Crippen molar-refractivity contribution in [3.05, 3.63) is 35.6 Å². The molecule has 0 heterocycles. The third kappa shape index (κ3) is 3.01. The Hall–Kier alpha value is -0.930. The lowest BCUT2D eigenvalue weighted by Gasteiger charge is -2.12. The molecular formula is C12H17FN2. The van der Waals surface area contributed by atoms with Gasteiger partial charge in [0.1, 0.15) is 5.82 Å². The van der Waals surface area contributed by atoms with Crippen molar-refractivity contribution in [3.8, 4) is 0 Å². The van der Waals surface area contributed by atoms with E-state index in [-0.39, 0.29) is 5.82 Å². The van der Waals surface area contributed by atoms with E-state index in [0.717, 1.165) is 31.4 Å². The summed E-state index contributed by atoms with van der Waals surface area (Å²) >= 11 is 0. The van der Waals surface area contributed by atoms with Gasteiger partial charge in [0, 0.05) is 18.6 Å². The fraction of sp³-hybridized carbons (Fsp3) is 0.500. The summed E-state index contributed by atoms with van der Waals surface area (Å²) in [5.74, 6) is -0.169. The number of hydrogen-bond donors (Lipinski definition) is 2. The van der Waals surface area contributed by atoms with E-state index < -0.39 is 0 Å². The van der Waals surface area contributed by atoms with Crippen LogP contribution in [-0.4, -0.2) is 12.1 Å². The Morgan fingerprint density at radius 2 is 2.27 bits per heavy atom. The zero-order chi connectivity index (χ0) is 10.7. The van der Waals surface area contributed by atoms with Gasteiger partial charge in [0.2, 0.25) is 0 Å². The van der Waals surface area contributed by atoms with E-state index in [2.05, 4.69) is 5.32 Å². The van der Waals surface area contributed by atoms with Gasteiger partial charge in [-0.05, 0) is 37.0 Å². The van der Waals surface area contributed by atoms with Crippen LogP contribution >= 0.6 is 0 Å². The van der Waals surface area contributed by atoms with E-state index in [9.17, 15) is 4.39 Å². The molecule has 1 aromatic carbocycles. The molecule has 0 aliphatic heterocycles. The first kappa shape index (κ1) is 10.6. The summed E-state index contributed by atoms with van der Waals surface area (Å²) in [5, 5.41) is 3.41. The summed E-state index contributed by atoms with van der Waals surface area (Å²) in [6.07, 6.45) is 3.27. The first-order valence-corrected chi connectivity index (χ1v) is 5.47. The molecule has 2 nitrogen and oxygen atoms in total. The normalized spacial score (nSPS) is 25.7. The number of halogens is 1. The Balaban J connectivity index is 1.83. The fourth-order valence-electron chi connectivity index (χ4n) is 2.11. The highest BCUT2D eigenvalue weighted by Crippen LogP contribution is 2.17. The Morgan fingerprint density at radius 1 is 1.40 bits per heavy atom. The molecule has 1 aliphatic rings. The highest BCUT2D eigenvalue weighted by Gasteiger charge is 2.20. The second-order valence-corrected chi connectivity index (χ2v) is 4.28. The van der Waals surface area contributed by atoms with Crippen LogP contribution in [-0.2, 0) is 6.54 Å². The summed E-state index contributed by atoms with van der Waals surface area (Å²) in [6, 6.07) is 7.56. The second kappa shape index (κ2) is 4.73. The molecule has 1 aromatic rings. The maximum Gasteiger partial charge on any atom is 0.123 e. The van der Waals surface area contributed by atoms with Crippen LogP contribution in [0.25, 0.3) is 0 Å². The van der Waals surface area contributed by atoms with E-state index in [1.807, 2.05) is 6.07 Å². The van der Waals surface area contributed by atoms with Crippen LogP contribution < -0.4 is 11.1 Å². The molecule has 0 bridgehead atoms. The SMILES string of the molecule is NC1CCC(NCc2cccc(F)c2)C1. The van der Waals surface area contributed by atoms with Gasteiger partial charge < -0.3 is 11.1 Å². The van der Waals surface area contributed by atoms with Gasteiger partial charge in [-0.3, -0.25) is 0 Å². The summed E-state index contributed by atoms with van der Waals surface area (Å²) in [5.41, 5.74) is 6.81. The van der Waals surface area contributed by atoms with E-state index in [1.54, 1.807) is 12.1 Å². The van der Waals surface area contributed by atoms with E-state index >= 15 is 0 Å². The Kier molecular flexibility index (Phi) is 3.34. The molecule has 0 saturated heterocycles. The Morgan fingerprint density at radius 3 is 2.93 bits per heavy atom. The average Bonchev–Trinajstić information content (AvgIpc) is 2.62. The molecule has 3 heteroatoms. The van der Waals surface area contributed by atoms with E-state index in [0.29, 0.717) is 12.1 Å². The first-order valence-electron chi connectivity index (χ1n) is 5.47. The van der Waals surface area contributed by atoms with Crippen LogP contribution in [0.2, 0.25) is 0 Å². The van der Waals surface area contributed by atoms with Gasteiger partial charge in [-0.25, -0.2) is 4.39 Å². The summed E-state index contributed by atoms with van der Waals surface area (Å²) in [6.45, 7) is 0.731. The van der Waals surface area contributed by atoms with Gasteiger partial charge in [-0.1, -0.05) is 12.1 Å². The van der Waals surface area contributed by atoms with Crippen molar-refractivity contribution in [3.63, 3.8) is 0 Å². The van der Waals surface area contributed by atoms with Crippen molar-refractivity contribution in [2.24, 2.45) is 5.73 Å². The van der Waals surface area contributed by atoms with Gasteiger partial charge in [0.15, 0.2) is 0 Å². The quantitative estimate of drug-likeness (QED) is 0.794. The highest BCUT2D eigenvalue weighted by molar-refractivity contribution is 5.16. The number of nitrogens with one attached hydrogen (secondary N) is 1. The molecule has 82 valence electrons. The molecular weight excluding hydrogens is 191 g/mol. The molecule has 2 atom stereocenters. The first-order chi connectivity index (χ1) is 7.24. The largest absolute Gasteiger partial charge is 0.328 e. The smallest absolute Gasteiger partial charge is 0.123 e. The van der Waals surface area contributed by atoms with Crippen molar-refractivity contribution in [1.82, 2.24) is 5.32 Å². The van der Waals surface area contributed by atoms with Crippen LogP contribution in [0.1, 0.15) is 24.8 Å². The number of hydrogen-bond acceptors (Lipinski definition) is 2. The molecule has 0 amide bonds. The fourth-order valence-corrected chi connectivity index (χ4v) is 2.11. The number of benzene rings is 1. The molecule has 1 fully saturated rings. The van der Waals surface area contributed by atoms with Crippen molar-refractivity contribution >= 4 is 0 Å². The van der Waals surface area contributed by atoms with Crippen molar-refractivity contribution in [1.29, 1.82) is 0 Å². The standard InChI is InChI=1S/C12H17FN2/c13-10-3-1-2-9(6-10)8-15-12-5-4-11(14)7-12/h1-3,6,11-12,15H,4-5,7-8,14H2. The van der Waals surface area contributed by atoms with Crippen LogP contribution in [0.5, 0.6) is 0 Å². The summed E-state index contributed by atoms with van der Waals surface area (Å²) in [4.78, 5) is 0. The monoisotopic (exact) mass is 208 g/mol. The van der Waals surface area contributed by atoms with Gasteiger partial charge >= 0.3 is 0 Å². The minimum atomic E-state index is -0.169. The van der Waals surface area contributed by atoms with Gasteiger partial charge in [0.05, 0.1) is 0 Å². The highest BCUT2D eigenvalue weighted by atomic mass is 19.1. The number of nitrogens with two attached hydrogens (primary N) is 1. The maximum absolute atomic E-state index is 12.9. The minimum absolute atomic E-state index is 0.169. The van der Waals surface area contributed by atoms with E-state index in [4.69, 9.17) is 5.73 Å². The molecule has 1 aliphatic carbocycles. The summed E-state index contributed by atoms with van der Waals surface area (Å²) < 4.78 is 12.9. The zero-order valence-electron chi connectivity index (χ0n) is 8.75. The predicted octanol–water partition coefficient (Wildman–Crippen LogP) is 1.80. The molecule has 0 aromatic heterocycles. The van der Waals surface area contributed by atoms with Crippen LogP contribution in [0, 0.1) is 5.82 Å². The Labute approximate surface area is 89.7 Å². The Bertz CT molecular complexity index is 327. The molecule has 15 heavy (non-hydrogen) atoms. The van der Waals surface area contributed by atoms with Crippen molar-refractivity contribution in [2.45, 2.75) is 37.9 Å². The van der Waals surface area contributed by atoms with Crippen molar-refractivity contribution < 1.29 is 4.39 Å². The van der Waals surface area contributed by atoms with Crippen LogP contribution in [0.15, 0.2) is 24.3 Å². The molecule has 2 unspecified atom stereocenters. The van der Waals surface area contributed by atoms with Crippen LogP contribution in [0.4, 0.5) is 4.39 Å². The molecule has 3 N–H and O–H groups in total. The lowest BCUT2D eigenvalue weighted by atomic mass is 10.2. The van der Waals surface area contributed by atoms with Crippen LogP contribution in [0.3, 0.4) is 0 Å². The van der Waals surface area contributed by atoms with Gasteiger partial charge in [0.25, 0.3) is 0 Å². The molecule has 2 rings (SSSR count). The van der Waals surface area contributed by atoms with Gasteiger partial charge in [-0.15, -0.1) is 0 Å². The predicted molar refractivity (Wildman–Crippen MR) is 58.9 cm³/mol. The third-order valence-corrected chi connectivity index (χ3v) is 2.96. The lowest BCUT2D eigenvalue weighted by Crippen LogP contribution is -2.27. The molecule has 1 saturated carbocycles. The summed E-state index contributed by atoms with van der Waals surface area (Å²) in [7, 11) is 0. The topological polar surface area (TPSA) is 38.0 Å². The average molecular weight is 208 g/mol. The zero-order valence-corrected chi connectivity index (χ0v) is 8.75. The number of rotatable bonds is 3. The lowest BCUT2D eigenvalue weighted by molar-refractivity contribution is 0.515. The molecule has 0 spiro atoms. The van der Waals surface area contributed by atoms with Gasteiger partial charge in [-0.2, -0.15) is 0 Å². The minimum Gasteiger partial charge on any atom is -0.328 e. The third-order valence-electron chi connectivity index (χ3n) is 2.96. The maximum atomic E-state index is 12.9. The second-order valence-electron chi connectivity index (χ2n) is 4.28.